The molecule has 100 valence electrons. The smallest absolute Gasteiger partial charge is 0.251 e. The van der Waals surface area contributed by atoms with Crippen LogP contribution in [0.2, 0.25) is 0 Å². The molecule has 4 nitrogen and oxygen atoms in total. The lowest BCUT2D eigenvalue weighted by Gasteiger charge is -2.09. The predicted molar refractivity (Wildman–Crippen MR) is 72.8 cm³/mol. The Kier molecular flexibility index (Phi) is 6.22. The van der Waals surface area contributed by atoms with Crippen LogP contribution in [-0.2, 0) is 0 Å². The van der Waals surface area contributed by atoms with Crippen molar-refractivity contribution < 1.29 is 9.53 Å². The Morgan fingerprint density at radius 1 is 1.39 bits per heavy atom. The number of carbonyl (C=O) groups excluding carboxylic acids is 1. The lowest BCUT2D eigenvalue weighted by atomic mass is 10.2. The van der Waals surface area contributed by atoms with Gasteiger partial charge < -0.3 is 15.8 Å². The highest BCUT2D eigenvalue weighted by molar-refractivity contribution is 5.94. The first kappa shape index (κ1) is 14.5. The number of unbranched alkanes of at least 4 members (excludes halogenated alkanes) is 1. The minimum absolute atomic E-state index is 0.0365. The van der Waals surface area contributed by atoms with Crippen LogP contribution >= 0.6 is 0 Å². The molecule has 0 heterocycles. The molecule has 0 saturated heterocycles. The molecule has 1 amide bonds. The number of nitrogens with one attached hydrogen (secondary N) is 1. The highest BCUT2D eigenvalue weighted by Gasteiger charge is 2.05. The standard InChI is InChI=1S/C14H22N2O2/c1-3-4-9-18-13-7-5-12(6-8-13)14(17)16-10-11(2)15/h5-8,11H,3-4,9-10,15H2,1-2H3,(H,16,17). The summed E-state index contributed by atoms with van der Waals surface area (Å²) in [6, 6.07) is 7.12. The summed E-state index contributed by atoms with van der Waals surface area (Å²) in [6.45, 7) is 5.17. The molecule has 0 radical (unpaired) electrons. The highest BCUT2D eigenvalue weighted by atomic mass is 16.5. The molecule has 0 bridgehead atoms. The van der Waals surface area contributed by atoms with Gasteiger partial charge in [-0.05, 0) is 37.6 Å². The lowest BCUT2D eigenvalue weighted by molar-refractivity contribution is 0.0951. The molecule has 0 spiro atoms. The minimum atomic E-state index is -0.104. The minimum Gasteiger partial charge on any atom is -0.494 e. The first-order chi connectivity index (χ1) is 8.63. The van der Waals surface area contributed by atoms with Gasteiger partial charge in [0.25, 0.3) is 5.91 Å². The van der Waals surface area contributed by atoms with Crippen molar-refractivity contribution in [2.45, 2.75) is 32.7 Å². The van der Waals surface area contributed by atoms with Gasteiger partial charge >= 0.3 is 0 Å². The average molecular weight is 250 g/mol. The highest BCUT2D eigenvalue weighted by Crippen LogP contribution is 2.12. The number of carbonyl (C=O) groups is 1. The molecule has 1 aromatic carbocycles. The van der Waals surface area contributed by atoms with E-state index in [1.54, 1.807) is 12.1 Å². The van der Waals surface area contributed by atoms with Crippen molar-refractivity contribution in [2.24, 2.45) is 5.73 Å². The second-order valence-electron chi connectivity index (χ2n) is 4.41. The molecule has 1 aromatic rings. The van der Waals surface area contributed by atoms with Gasteiger partial charge in [0.15, 0.2) is 0 Å². The summed E-state index contributed by atoms with van der Waals surface area (Å²) >= 11 is 0. The van der Waals surface area contributed by atoms with Crippen LogP contribution in [0.15, 0.2) is 24.3 Å². The molecule has 0 fully saturated rings. The van der Waals surface area contributed by atoms with Crippen molar-refractivity contribution in [1.29, 1.82) is 0 Å². The molecule has 1 unspecified atom stereocenters. The Morgan fingerprint density at radius 3 is 2.61 bits per heavy atom. The predicted octanol–water partition coefficient (Wildman–Crippen LogP) is 1.94. The fourth-order valence-corrected chi connectivity index (χ4v) is 1.39. The topological polar surface area (TPSA) is 64.3 Å². The number of ether oxygens (including phenoxy) is 1. The Balaban J connectivity index is 2.46. The van der Waals surface area contributed by atoms with Crippen LogP contribution in [0.4, 0.5) is 0 Å². The number of rotatable bonds is 7. The summed E-state index contributed by atoms with van der Waals surface area (Å²) in [4.78, 5) is 11.7. The third-order valence-corrected chi connectivity index (χ3v) is 2.47. The van der Waals surface area contributed by atoms with Crippen LogP contribution in [0, 0.1) is 0 Å². The summed E-state index contributed by atoms with van der Waals surface area (Å²) in [5.41, 5.74) is 6.20. The molecule has 1 atom stereocenters. The van der Waals surface area contributed by atoms with Crippen molar-refractivity contribution >= 4 is 5.91 Å². The second-order valence-corrected chi connectivity index (χ2v) is 4.41. The summed E-state index contributed by atoms with van der Waals surface area (Å²) in [5.74, 6) is 0.694. The molecule has 0 aliphatic rings. The molecule has 3 N–H and O–H groups in total. The van der Waals surface area contributed by atoms with Crippen molar-refractivity contribution in [1.82, 2.24) is 5.32 Å². The molecule has 4 heteroatoms. The summed E-state index contributed by atoms with van der Waals surface area (Å²) < 4.78 is 5.53. The van der Waals surface area contributed by atoms with Crippen molar-refractivity contribution in [3.8, 4) is 5.75 Å². The quantitative estimate of drug-likeness (QED) is 0.727. The van der Waals surface area contributed by atoms with Gasteiger partial charge in [-0.3, -0.25) is 4.79 Å². The van der Waals surface area contributed by atoms with Crippen LogP contribution in [0.5, 0.6) is 5.75 Å². The maximum Gasteiger partial charge on any atom is 0.251 e. The molecule has 0 aromatic heterocycles. The molecular weight excluding hydrogens is 228 g/mol. The van der Waals surface area contributed by atoms with E-state index < -0.39 is 0 Å². The largest absolute Gasteiger partial charge is 0.494 e. The maximum absolute atomic E-state index is 11.7. The van der Waals surface area contributed by atoms with Crippen LogP contribution < -0.4 is 15.8 Å². The van der Waals surface area contributed by atoms with Gasteiger partial charge in [-0.2, -0.15) is 0 Å². The molecule has 0 aliphatic heterocycles. The van der Waals surface area contributed by atoms with E-state index in [1.165, 1.54) is 0 Å². The van der Waals surface area contributed by atoms with Crippen molar-refractivity contribution in [3.05, 3.63) is 29.8 Å². The monoisotopic (exact) mass is 250 g/mol. The van der Waals surface area contributed by atoms with Crippen LogP contribution in [0.1, 0.15) is 37.0 Å². The lowest BCUT2D eigenvalue weighted by Crippen LogP contribution is -2.35. The number of amides is 1. The van der Waals surface area contributed by atoms with E-state index >= 15 is 0 Å². The molecule has 1 rings (SSSR count). The van der Waals surface area contributed by atoms with Gasteiger partial charge in [0, 0.05) is 18.2 Å². The Morgan fingerprint density at radius 2 is 2.06 bits per heavy atom. The van der Waals surface area contributed by atoms with Crippen molar-refractivity contribution in [3.63, 3.8) is 0 Å². The third kappa shape index (κ3) is 5.19. The van der Waals surface area contributed by atoms with E-state index in [1.807, 2.05) is 19.1 Å². The van der Waals surface area contributed by atoms with E-state index in [0.717, 1.165) is 18.6 Å². The van der Waals surface area contributed by atoms with Gasteiger partial charge in [0.05, 0.1) is 6.61 Å². The van der Waals surface area contributed by atoms with Crippen molar-refractivity contribution in [2.75, 3.05) is 13.2 Å². The SMILES string of the molecule is CCCCOc1ccc(C(=O)NCC(C)N)cc1. The van der Waals surface area contributed by atoms with E-state index in [4.69, 9.17) is 10.5 Å². The number of hydrogen-bond acceptors (Lipinski definition) is 3. The zero-order valence-electron chi connectivity index (χ0n) is 11.1. The van der Waals surface area contributed by atoms with E-state index in [2.05, 4.69) is 12.2 Å². The summed E-state index contributed by atoms with van der Waals surface area (Å²) in [7, 11) is 0. The normalized spacial score (nSPS) is 11.9. The number of hydrogen-bond donors (Lipinski definition) is 2. The van der Waals surface area contributed by atoms with Gasteiger partial charge in [0.1, 0.15) is 5.75 Å². The third-order valence-electron chi connectivity index (χ3n) is 2.47. The van der Waals surface area contributed by atoms with Crippen LogP contribution in [0.25, 0.3) is 0 Å². The van der Waals surface area contributed by atoms with Crippen LogP contribution in [-0.4, -0.2) is 25.1 Å². The maximum atomic E-state index is 11.7. The molecule has 18 heavy (non-hydrogen) atoms. The first-order valence-corrected chi connectivity index (χ1v) is 6.40. The Hall–Kier alpha value is -1.55. The number of nitrogens with two attached hydrogens (primary N) is 1. The summed E-state index contributed by atoms with van der Waals surface area (Å²) in [5, 5.41) is 2.77. The zero-order chi connectivity index (χ0) is 13.4. The summed E-state index contributed by atoms with van der Waals surface area (Å²) in [6.07, 6.45) is 2.15. The van der Waals surface area contributed by atoms with Gasteiger partial charge in [-0.25, -0.2) is 0 Å². The van der Waals surface area contributed by atoms with Gasteiger partial charge in [-0.1, -0.05) is 13.3 Å². The number of benzene rings is 1. The molecular formula is C14H22N2O2. The second kappa shape index (κ2) is 7.71. The Bertz CT molecular complexity index is 361. The van der Waals surface area contributed by atoms with Gasteiger partial charge in [-0.15, -0.1) is 0 Å². The average Bonchev–Trinajstić information content (AvgIpc) is 2.37. The van der Waals surface area contributed by atoms with E-state index in [-0.39, 0.29) is 11.9 Å². The fourth-order valence-electron chi connectivity index (χ4n) is 1.39. The van der Waals surface area contributed by atoms with Gasteiger partial charge in [0.2, 0.25) is 0 Å². The van der Waals surface area contributed by atoms with E-state index in [9.17, 15) is 4.79 Å². The Labute approximate surface area is 109 Å². The molecule has 0 saturated carbocycles. The van der Waals surface area contributed by atoms with E-state index in [0.29, 0.717) is 18.7 Å². The zero-order valence-corrected chi connectivity index (χ0v) is 11.1. The molecule has 0 aliphatic carbocycles. The fraction of sp³-hybridized carbons (Fsp3) is 0.500. The van der Waals surface area contributed by atoms with Crippen LogP contribution in [0.3, 0.4) is 0 Å². The first-order valence-electron chi connectivity index (χ1n) is 6.40.